The molecule has 2 aromatic heterocycles. The van der Waals surface area contributed by atoms with Gasteiger partial charge in [-0.25, -0.2) is 5.43 Å². The summed E-state index contributed by atoms with van der Waals surface area (Å²) in [6.45, 7) is 4.63. The van der Waals surface area contributed by atoms with Gasteiger partial charge in [0.05, 0.1) is 13.3 Å². The molecule has 0 saturated carbocycles. The third-order valence-electron chi connectivity index (χ3n) is 6.60. The lowest BCUT2D eigenvalue weighted by atomic mass is 10.2. The highest BCUT2D eigenvalue weighted by Gasteiger charge is 2.18. The first-order chi connectivity index (χ1) is 20.8. The number of hydrogen-bond donors (Lipinski definition) is 1. The molecule has 0 fully saturated rings. The Labute approximate surface area is 263 Å². The number of aromatic nitrogens is 1. The normalized spacial score (nSPS) is 11.1. The minimum absolute atomic E-state index is 0.101. The predicted molar refractivity (Wildman–Crippen MR) is 170 cm³/mol. The van der Waals surface area contributed by atoms with Crippen LogP contribution < -0.4 is 19.6 Å². The van der Waals surface area contributed by atoms with E-state index in [0.29, 0.717) is 44.7 Å². The second kappa shape index (κ2) is 13.7. The van der Waals surface area contributed by atoms with Gasteiger partial charge in [-0.3, -0.25) is 4.79 Å². The smallest absolute Gasteiger partial charge is 0.307 e. The van der Waals surface area contributed by atoms with Crippen LogP contribution in [0.4, 0.5) is 0 Å². The molecule has 220 valence electrons. The van der Waals surface area contributed by atoms with Crippen LogP contribution in [0, 0.1) is 13.8 Å². The summed E-state index contributed by atoms with van der Waals surface area (Å²) in [5.74, 6) is 1.60. The number of carbonyl (C=O) groups excluding carboxylic acids is 1. The third-order valence-corrected chi connectivity index (χ3v) is 8.05. The molecule has 10 heteroatoms. The monoisotopic (exact) mass is 661 g/mol. The van der Waals surface area contributed by atoms with Crippen molar-refractivity contribution in [3.05, 3.63) is 128 Å². The minimum Gasteiger partial charge on any atom is -0.493 e. The van der Waals surface area contributed by atoms with Crippen molar-refractivity contribution in [1.82, 2.24) is 9.99 Å². The molecule has 0 unspecified atom stereocenters. The van der Waals surface area contributed by atoms with E-state index in [2.05, 4.69) is 57.0 Å². The van der Waals surface area contributed by atoms with Gasteiger partial charge >= 0.3 is 5.91 Å². The maximum Gasteiger partial charge on any atom is 0.307 e. The van der Waals surface area contributed by atoms with Gasteiger partial charge in [0.1, 0.15) is 29.7 Å². The van der Waals surface area contributed by atoms with Gasteiger partial charge in [-0.1, -0.05) is 41.9 Å². The third kappa shape index (κ3) is 7.13. The first-order valence-electron chi connectivity index (χ1n) is 13.4. The summed E-state index contributed by atoms with van der Waals surface area (Å²) in [6.07, 6.45) is 1.45. The topological polar surface area (TPSA) is 87.2 Å². The number of methoxy groups -OCH3 is 1. The lowest BCUT2D eigenvalue weighted by Gasteiger charge is -2.15. The first kappa shape index (κ1) is 30.0. The van der Waals surface area contributed by atoms with E-state index in [-0.39, 0.29) is 12.4 Å². The van der Waals surface area contributed by atoms with Crippen molar-refractivity contribution in [2.75, 3.05) is 7.11 Å². The minimum atomic E-state index is -0.513. The highest BCUT2D eigenvalue weighted by Crippen LogP contribution is 2.42. The van der Waals surface area contributed by atoms with Crippen molar-refractivity contribution in [3.8, 4) is 22.9 Å². The van der Waals surface area contributed by atoms with Gasteiger partial charge in [0, 0.05) is 27.1 Å². The number of carbonyl (C=O) groups is 1. The van der Waals surface area contributed by atoms with Gasteiger partial charge in [0.15, 0.2) is 17.3 Å². The van der Waals surface area contributed by atoms with Crippen molar-refractivity contribution in [2.45, 2.75) is 27.1 Å². The molecule has 3 aromatic carbocycles. The number of halogens is 2. The molecular weight excluding hydrogens is 634 g/mol. The number of nitrogens with zero attached hydrogens (tertiary/aromatic N) is 2. The molecule has 1 amide bonds. The zero-order valence-electron chi connectivity index (χ0n) is 23.8. The van der Waals surface area contributed by atoms with Crippen LogP contribution in [0.5, 0.6) is 17.2 Å². The number of nitrogens with one attached hydrogen (secondary N) is 1. The summed E-state index contributed by atoms with van der Waals surface area (Å²) in [7, 11) is 1.52. The number of furan rings is 1. The molecule has 0 spiro atoms. The molecule has 0 aliphatic carbocycles. The molecule has 2 heterocycles. The second-order valence-electron chi connectivity index (χ2n) is 9.60. The Hall–Kier alpha value is -4.47. The maximum atomic E-state index is 12.6. The van der Waals surface area contributed by atoms with Crippen LogP contribution in [0.2, 0.25) is 5.02 Å². The summed E-state index contributed by atoms with van der Waals surface area (Å²) in [6, 6.07) is 26.7. The molecule has 0 aliphatic rings. The summed E-state index contributed by atoms with van der Waals surface area (Å²) in [5, 5.41) is 4.38. The lowest BCUT2D eigenvalue weighted by molar-refractivity contribution is 0.0923. The molecule has 0 aliphatic heterocycles. The Morgan fingerprint density at radius 3 is 2.40 bits per heavy atom. The second-order valence-corrected chi connectivity index (χ2v) is 10.8. The van der Waals surface area contributed by atoms with E-state index in [4.69, 9.17) is 30.2 Å². The van der Waals surface area contributed by atoms with Crippen molar-refractivity contribution < 1.29 is 23.4 Å². The SMILES string of the molecule is COc1cc(/C=N/NC(=O)c2ccc(COc3ccc(-n4c(C)ccc4C)cc3)o2)c(Br)c(Cl)c1OCc1ccccc1. The van der Waals surface area contributed by atoms with E-state index < -0.39 is 5.91 Å². The van der Waals surface area contributed by atoms with Crippen LogP contribution in [0.3, 0.4) is 0 Å². The Morgan fingerprint density at radius 1 is 0.977 bits per heavy atom. The lowest BCUT2D eigenvalue weighted by Crippen LogP contribution is -2.16. The largest absolute Gasteiger partial charge is 0.493 e. The molecule has 0 saturated heterocycles. The van der Waals surface area contributed by atoms with Crippen LogP contribution in [0.1, 0.15) is 38.8 Å². The van der Waals surface area contributed by atoms with Crippen molar-refractivity contribution in [1.29, 1.82) is 0 Å². The number of rotatable bonds is 11. The molecule has 8 nitrogen and oxygen atoms in total. The average molecular weight is 663 g/mol. The maximum absolute atomic E-state index is 12.6. The molecule has 0 atom stereocenters. The van der Waals surface area contributed by atoms with Crippen LogP contribution in [0.15, 0.2) is 98.9 Å². The molecular formula is C33H29BrClN3O5. The standard InChI is InChI=1S/C33H29BrClN3O5/c1-21-9-10-22(2)38(21)25-11-13-26(14-12-25)41-20-27-15-16-28(43-27)33(39)37-36-18-24-17-29(40-3)32(31(35)30(24)34)42-19-23-7-5-4-6-8-23/h4-18H,19-20H2,1-3H3,(H,37,39)/b36-18+. The van der Waals surface area contributed by atoms with Crippen LogP contribution >= 0.6 is 27.5 Å². The average Bonchev–Trinajstić information content (AvgIpc) is 3.64. The van der Waals surface area contributed by atoms with E-state index in [1.165, 1.54) is 13.3 Å². The van der Waals surface area contributed by atoms with Crippen LogP contribution in [-0.4, -0.2) is 23.8 Å². The summed E-state index contributed by atoms with van der Waals surface area (Å²) in [4.78, 5) is 12.6. The van der Waals surface area contributed by atoms with Gasteiger partial charge in [-0.2, -0.15) is 5.10 Å². The van der Waals surface area contributed by atoms with E-state index in [1.807, 2.05) is 54.6 Å². The van der Waals surface area contributed by atoms with Crippen molar-refractivity contribution in [3.63, 3.8) is 0 Å². The van der Waals surface area contributed by atoms with E-state index >= 15 is 0 Å². The van der Waals surface area contributed by atoms with Gasteiger partial charge in [0.2, 0.25) is 0 Å². The Bertz CT molecular complexity index is 1730. The Morgan fingerprint density at radius 2 is 1.70 bits per heavy atom. The number of aryl methyl sites for hydroxylation is 2. The fraction of sp³-hybridized carbons (Fsp3) is 0.152. The molecule has 1 N–H and O–H groups in total. The summed E-state index contributed by atoms with van der Waals surface area (Å²) in [5.41, 5.74) is 7.42. The Kier molecular flexibility index (Phi) is 9.54. The van der Waals surface area contributed by atoms with Crippen LogP contribution in [-0.2, 0) is 13.2 Å². The zero-order chi connectivity index (χ0) is 30.3. The van der Waals surface area contributed by atoms with Gasteiger partial charge in [-0.15, -0.1) is 0 Å². The van der Waals surface area contributed by atoms with Gasteiger partial charge < -0.3 is 23.2 Å². The number of hydrogen-bond acceptors (Lipinski definition) is 6. The Balaban J connectivity index is 1.17. The number of benzene rings is 3. The predicted octanol–water partition coefficient (Wildman–Crippen LogP) is 8.03. The van der Waals surface area contributed by atoms with Crippen LogP contribution in [0.25, 0.3) is 5.69 Å². The number of ether oxygens (including phenoxy) is 3. The quantitative estimate of drug-likeness (QED) is 0.114. The zero-order valence-corrected chi connectivity index (χ0v) is 26.1. The van der Waals surface area contributed by atoms with Gasteiger partial charge in [0.25, 0.3) is 0 Å². The number of hydrazone groups is 1. The van der Waals surface area contributed by atoms with Crippen molar-refractivity contribution in [2.24, 2.45) is 5.10 Å². The molecule has 43 heavy (non-hydrogen) atoms. The van der Waals surface area contributed by atoms with E-state index in [9.17, 15) is 4.79 Å². The molecule has 0 bridgehead atoms. The molecule has 0 radical (unpaired) electrons. The number of amides is 1. The van der Waals surface area contributed by atoms with Gasteiger partial charge in [-0.05, 0) is 89.9 Å². The van der Waals surface area contributed by atoms with E-state index in [0.717, 1.165) is 22.6 Å². The first-order valence-corrected chi connectivity index (χ1v) is 14.5. The highest BCUT2D eigenvalue weighted by atomic mass is 79.9. The summed E-state index contributed by atoms with van der Waals surface area (Å²) < 4.78 is 25.6. The highest BCUT2D eigenvalue weighted by molar-refractivity contribution is 9.10. The van der Waals surface area contributed by atoms with Crippen molar-refractivity contribution >= 4 is 39.7 Å². The fourth-order valence-electron chi connectivity index (χ4n) is 4.43. The molecule has 5 rings (SSSR count). The summed E-state index contributed by atoms with van der Waals surface area (Å²) >= 11 is 10.1. The van der Waals surface area contributed by atoms with E-state index in [1.54, 1.807) is 18.2 Å². The fourth-order valence-corrected chi connectivity index (χ4v) is 5.08. The molecule has 5 aromatic rings.